The summed E-state index contributed by atoms with van der Waals surface area (Å²) in [6, 6.07) is 4.36. The highest BCUT2D eigenvalue weighted by Crippen LogP contribution is 2.35. The van der Waals surface area contributed by atoms with E-state index in [1.165, 1.54) is 44.3 Å². The van der Waals surface area contributed by atoms with Crippen LogP contribution in [0.25, 0.3) is 0 Å². The summed E-state index contributed by atoms with van der Waals surface area (Å²) in [5, 5.41) is 3.61. The number of rotatable bonds is 4. The SMILES string of the molecule is CCN1CCN(c2cc(CNC(=NC)N3CC4CCCCC4C3)ccn2)CC1. The Morgan fingerprint density at radius 2 is 1.86 bits per heavy atom. The van der Waals surface area contributed by atoms with Gasteiger partial charge in [0.25, 0.3) is 0 Å². The minimum Gasteiger partial charge on any atom is -0.354 e. The fourth-order valence-corrected chi connectivity index (χ4v) is 5.13. The highest BCUT2D eigenvalue weighted by atomic mass is 15.3. The fraction of sp³-hybridized carbons (Fsp3) is 0.727. The number of nitrogens with zero attached hydrogens (tertiary/aromatic N) is 5. The van der Waals surface area contributed by atoms with Crippen LogP contribution in [0, 0.1) is 11.8 Å². The van der Waals surface area contributed by atoms with E-state index in [2.05, 4.69) is 49.0 Å². The smallest absolute Gasteiger partial charge is 0.193 e. The van der Waals surface area contributed by atoms with Crippen molar-refractivity contribution in [3.8, 4) is 0 Å². The summed E-state index contributed by atoms with van der Waals surface area (Å²) in [5.74, 6) is 3.92. The van der Waals surface area contributed by atoms with E-state index in [-0.39, 0.29) is 0 Å². The maximum atomic E-state index is 4.63. The van der Waals surface area contributed by atoms with Crippen LogP contribution in [-0.4, -0.2) is 73.6 Å². The molecule has 3 fully saturated rings. The van der Waals surface area contributed by atoms with Gasteiger partial charge in [0.2, 0.25) is 0 Å². The van der Waals surface area contributed by atoms with E-state index in [1.807, 2.05) is 13.2 Å². The Morgan fingerprint density at radius 1 is 1.14 bits per heavy atom. The highest BCUT2D eigenvalue weighted by molar-refractivity contribution is 5.80. The predicted molar refractivity (Wildman–Crippen MR) is 116 cm³/mol. The molecule has 6 nitrogen and oxygen atoms in total. The van der Waals surface area contributed by atoms with Gasteiger partial charge in [-0.25, -0.2) is 4.98 Å². The molecule has 0 spiro atoms. The Bertz CT molecular complexity index is 653. The lowest BCUT2D eigenvalue weighted by Gasteiger charge is -2.34. The van der Waals surface area contributed by atoms with Crippen molar-refractivity contribution < 1.29 is 0 Å². The summed E-state index contributed by atoms with van der Waals surface area (Å²) in [6.07, 6.45) is 7.57. The Hall–Kier alpha value is -1.82. The van der Waals surface area contributed by atoms with Gasteiger partial charge in [-0.05, 0) is 48.9 Å². The first-order valence-corrected chi connectivity index (χ1v) is 11.1. The third-order valence-corrected chi connectivity index (χ3v) is 6.89. The number of anilines is 1. The third-order valence-electron chi connectivity index (χ3n) is 6.89. The normalized spacial score (nSPS) is 26.4. The van der Waals surface area contributed by atoms with Gasteiger partial charge >= 0.3 is 0 Å². The van der Waals surface area contributed by atoms with E-state index in [4.69, 9.17) is 0 Å². The van der Waals surface area contributed by atoms with E-state index in [1.54, 1.807) is 0 Å². The molecular weight excluding hydrogens is 348 g/mol. The second kappa shape index (κ2) is 9.12. The summed E-state index contributed by atoms with van der Waals surface area (Å²) < 4.78 is 0. The molecule has 1 aromatic rings. The summed E-state index contributed by atoms with van der Waals surface area (Å²) in [4.78, 5) is 16.6. The minimum absolute atomic E-state index is 0.808. The van der Waals surface area contributed by atoms with Gasteiger partial charge in [-0.15, -0.1) is 0 Å². The molecule has 2 unspecified atom stereocenters. The van der Waals surface area contributed by atoms with Gasteiger partial charge in [0.1, 0.15) is 5.82 Å². The van der Waals surface area contributed by atoms with Crippen molar-refractivity contribution in [3.05, 3.63) is 23.9 Å². The first-order chi connectivity index (χ1) is 13.8. The first kappa shape index (κ1) is 19.5. The zero-order valence-electron chi connectivity index (χ0n) is 17.6. The van der Waals surface area contributed by atoms with Crippen LogP contribution in [0.4, 0.5) is 5.82 Å². The van der Waals surface area contributed by atoms with Gasteiger partial charge in [0, 0.05) is 59.1 Å². The number of guanidine groups is 1. The van der Waals surface area contributed by atoms with Crippen LogP contribution in [0.15, 0.2) is 23.3 Å². The number of aromatic nitrogens is 1. The number of fused-ring (bicyclic) bond motifs is 1. The summed E-state index contributed by atoms with van der Waals surface area (Å²) in [5.41, 5.74) is 1.28. The van der Waals surface area contributed by atoms with Crippen molar-refractivity contribution in [1.82, 2.24) is 20.1 Å². The van der Waals surface area contributed by atoms with Gasteiger partial charge in [-0.2, -0.15) is 0 Å². The summed E-state index contributed by atoms with van der Waals surface area (Å²) in [7, 11) is 1.91. The van der Waals surface area contributed by atoms with Crippen LogP contribution in [-0.2, 0) is 6.54 Å². The zero-order valence-corrected chi connectivity index (χ0v) is 17.6. The van der Waals surface area contributed by atoms with E-state index >= 15 is 0 Å². The number of pyridine rings is 1. The van der Waals surface area contributed by atoms with Crippen LogP contribution in [0.5, 0.6) is 0 Å². The number of likely N-dealkylation sites (N-methyl/N-ethyl adjacent to an activating group) is 1. The largest absolute Gasteiger partial charge is 0.354 e. The average molecular weight is 385 g/mol. The number of hydrogen-bond donors (Lipinski definition) is 1. The summed E-state index contributed by atoms with van der Waals surface area (Å²) >= 11 is 0. The molecule has 2 saturated heterocycles. The lowest BCUT2D eigenvalue weighted by Crippen LogP contribution is -2.46. The van der Waals surface area contributed by atoms with Crippen molar-refractivity contribution >= 4 is 11.8 Å². The first-order valence-electron chi connectivity index (χ1n) is 11.1. The lowest BCUT2D eigenvalue weighted by atomic mass is 9.82. The molecule has 1 N–H and O–H groups in total. The highest BCUT2D eigenvalue weighted by Gasteiger charge is 2.35. The molecule has 0 aromatic carbocycles. The molecule has 154 valence electrons. The molecule has 1 aromatic heterocycles. The van der Waals surface area contributed by atoms with E-state index in [0.29, 0.717) is 0 Å². The molecule has 0 bridgehead atoms. The second-order valence-electron chi connectivity index (χ2n) is 8.55. The molecule has 2 atom stereocenters. The minimum atomic E-state index is 0.808. The van der Waals surface area contributed by atoms with Gasteiger partial charge in [0.15, 0.2) is 5.96 Å². The topological polar surface area (TPSA) is 47.0 Å². The van der Waals surface area contributed by atoms with Gasteiger partial charge in [-0.3, -0.25) is 4.99 Å². The monoisotopic (exact) mass is 384 g/mol. The third kappa shape index (κ3) is 4.43. The molecule has 3 heterocycles. The van der Waals surface area contributed by atoms with Crippen molar-refractivity contribution in [1.29, 1.82) is 0 Å². The van der Waals surface area contributed by atoms with Crippen LogP contribution >= 0.6 is 0 Å². The van der Waals surface area contributed by atoms with E-state index in [9.17, 15) is 0 Å². The lowest BCUT2D eigenvalue weighted by molar-refractivity contribution is 0.270. The molecule has 4 rings (SSSR count). The molecule has 2 aliphatic heterocycles. The van der Waals surface area contributed by atoms with Crippen LogP contribution < -0.4 is 10.2 Å². The molecule has 28 heavy (non-hydrogen) atoms. The van der Waals surface area contributed by atoms with Crippen LogP contribution in [0.1, 0.15) is 38.2 Å². The molecular formula is C22H36N6. The fourth-order valence-electron chi connectivity index (χ4n) is 5.13. The van der Waals surface area contributed by atoms with Crippen LogP contribution in [0.3, 0.4) is 0 Å². The number of likely N-dealkylation sites (tertiary alicyclic amines) is 1. The van der Waals surface area contributed by atoms with Gasteiger partial charge in [-0.1, -0.05) is 19.8 Å². The average Bonchev–Trinajstić information content (AvgIpc) is 3.18. The number of aliphatic imine (C=N–C) groups is 1. The molecule has 1 saturated carbocycles. The van der Waals surface area contributed by atoms with Crippen molar-refractivity contribution in [2.75, 3.05) is 57.8 Å². The Kier molecular flexibility index (Phi) is 6.35. The van der Waals surface area contributed by atoms with E-state index in [0.717, 1.165) is 62.9 Å². The van der Waals surface area contributed by atoms with Gasteiger partial charge < -0.3 is 20.0 Å². The molecule has 0 radical (unpaired) electrons. The summed E-state index contributed by atoms with van der Waals surface area (Å²) in [6.45, 7) is 10.9. The van der Waals surface area contributed by atoms with Crippen molar-refractivity contribution in [3.63, 3.8) is 0 Å². The molecule has 1 aliphatic carbocycles. The molecule has 0 amide bonds. The van der Waals surface area contributed by atoms with Gasteiger partial charge in [0.05, 0.1) is 0 Å². The Balaban J connectivity index is 1.33. The van der Waals surface area contributed by atoms with Crippen molar-refractivity contribution in [2.24, 2.45) is 16.8 Å². The predicted octanol–water partition coefficient (Wildman–Crippen LogP) is 2.42. The quantitative estimate of drug-likeness (QED) is 0.638. The molecule has 6 heteroatoms. The number of piperazine rings is 1. The Morgan fingerprint density at radius 3 is 2.50 bits per heavy atom. The molecule has 3 aliphatic rings. The number of hydrogen-bond acceptors (Lipinski definition) is 4. The van der Waals surface area contributed by atoms with Crippen molar-refractivity contribution in [2.45, 2.75) is 39.2 Å². The van der Waals surface area contributed by atoms with Crippen LogP contribution in [0.2, 0.25) is 0 Å². The number of nitrogens with one attached hydrogen (secondary N) is 1. The Labute approximate surface area is 170 Å². The maximum absolute atomic E-state index is 4.63. The maximum Gasteiger partial charge on any atom is 0.193 e. The second-order valence-corrected chi connectivity index (χ2v) is 8.55. The standard InChI is InChI=1S/C22H36N6/c1-3-26-10-12-27(13-11-26)21-14-18(8-9-24-21)15-25-22(23-2)28-16-19-6-4-5-7-20(19)17-28/h8-9,14,19-20H,3-7,10-13,15-17H2,1-2H3,(H,23,25). The van der Waals surface area contributed by atoms with E-state index < -0.39 is 0 Å². The zero-order chi connectivity index (χ0) is 19.3.